The fraction of sp³-hybridized carbons (Fsp3) is 0.300. The molecule has 0 saturated carbocycles. The Bertz CT molecular complexity index is 406. The van der Waals surface area contributed by atoms with E-state index in [1.807, 2.05) is 0 Å². The van der Waals surface area contributed by atoms with Gasteiger partial charge in [0.25, 0.3) is 0 Å². The second-order valence-corrected chi connectivity index (χ2v) is 3.05. The number of benzene rings is 1. The van der Waals surface area contributed by atoms with E-state index < -0.39 is 11.7 Å². The molecule has 0 radical (unpaired) electrons. The van der Waals surface area contributed by atoms with Crippen LogP contribution in [-0.4, -0.2) is 6.08 Å². The number of aryl methyl sites for hydroxylation is 1. The summed E-state index contributed by atoms with van der Waals surface area (Å²) in [5, 5.41) is 0. The summed E-state index contributed by atoms with van der Waals surface area (Å²) in [4.78, 5) is 13.2. The largest absolute Gasteiger partial charge is 0.416 e. The normalized spacial score (nSPS) is 10.9. The molecule has 1 aromatic rings. The number of carbonyl (C=O) groups excluding carboxylic acids is 1. The summed E-state index contributed by atoms with van der Waals surface area (Å²) in [6.07, 6.45) is -3.00. The van der Waals surface area contributed by atoms with Crippen LogP contribution < -0.4 is 0 Å². The van der Waals surface area contributed by atoms with E-state index in [9.17, 15) is 18.0 Å². The zero-order valence-electron chi connectivity index (χ0n) is 7.93. The molecular weight excluding hydrogens is 207 g/mol. The van der Waals surface area contributed by atoms with Gasteiger partial charge < -0.3 is 0 Å². The van der Waals surface area contributed by atoms with Crippen LogP contribution in [0.2, 0.25) is 0 Å². The van der Waals surface area contributed by atoms with E-state index in [-0.39, 0.29) is 6.54 Å². The maximum Gasteiger partial charge on any atom is 0.416 e. The van der Waals surface area contributed by atoms with Crippen molar-refractivity contribution >= 4 is 6.08 Å². The first kappa shape index (κ1) is 11.5. The van der Waals surface area contributed by atoms with Crippen LogP contribution in [0, 0.1) is 6.92 Å². The Balaban J connectivity index is 3.03. The molecular formula is C10H8F3NO. The zero-order valence-corrected chi connectivity index (χ0v) is 7.93. The SMILES string of the molecule is Cc1cc(C(F)(F)F)ccc1CN=C=O. The van der Waals surface area contributed by atoms with Crippen molar-refractivity contribution in [2.24, 2.45) is 4.99 Å². The van der Waals surface area contributed by atoms with E-state index in [2.05, 4.69) is 4.99 Å². The summed E-state index contributed by atoms with van der Waals surface area (Å²) in [6.45, 7) is 1.61. The first-order valence-corrected chi connectivity index (χ1v) is 4.15. The van der Waals surface area contributed by atoms with Crippen molar-refractivity contribution in [3.05, 3.63) is 34.9 Å². The smallest absolute Gasteiger partial charge is 0.211 e. The predicted octanol–water partition coefficient (Wildman–Crippen LogP) is 2.85. The first-order valence-electron chi connectivity index (χ1n) is 4.15. The molecule has 15 heavy (non-hydrogen) atoms. The number of halogens is 3. The van der Waals surface area contributed by atoms with Gasteiger partial charge in [0.2, 0.25) is 6.08 Å². The van der Waals surface area contributed by atoms with E-state index in [1.165, 1.54) is 12.1 Å². The number of hydrogen-bond acceptors (Lipinski definition) is 2. The summed E-state index contributed by atoms with van der Waals surface area (Å²) < 4.78 is 36.8. The van der Waals surface area contributed by atoms with Crippen LogP contribution in [0.4, 0.5) is 13.2 Å². The van der Waals surface area contributed by atoms with Crippen LogP contribution in [0.1, 0.15) is 16.7 Å². The molecule has 0 saturated heterocycles. The van der Waals surface area contributed by atoms with Gasteiger partial charge in [0, 0.05) is 0 Å². The molecule has 5 heteroatoms. The molecule has 80 valence electrons. The van der Waals surface area contributed by atoms with Crippen molar-refractivity contribution in [3.8, 4) is 0 Å². The number of isocyanates is 1. The van der Waals surface area contributed by atoms with Crippen LogP contribution in [0.25, 0.3) is 0 Å². The highest BCUT2D eigenvalue weighted by Crippen LogP contribution is 2.30. The second kappa shape index (κ2) is 4.28. The van der Waals surface area contributed by atoms with E-state index in [0.29, 0.717) is 11.1 Å². The average Bonchev–Trinajstić information content (AvgIpc) is 2.14. The van der Waals surface area contributed by atoms with Crippen molar-refractivity contribution < 1.29 is 18.0 Å². The summed E-state index contributed by atoms with van der Waals surface area (Å²) in [6, 6.07) is 3.33. The van der Waals surface area contributed by atoms with E-state index in [1.54, 1.807) is 6.92 Å². The molecule has 0 aliphatic rings. The number of nitrogens with zero attached hydrogens (tertiary/aromatic N) is 1. The van der Waals surface area contributed by atoms with Crippen molar-refractivity contribution in [3.63, 3.8) is 0 Å². The Kier molecular flexibility index (Phi) is 3.27. The summed E-state index contributed by atoms with van der Waals surface area (Å²) in [7, 11) is 0. The molecule has 0 unspecified atom stereocenters. The van der Waals surface area contributed by atoms with Gasteiger partial charge in [0.15, 0.2) is 0 Å². The van der Waals surface area contributed by atoms with Crippen LogP contribution in [0.15, 0.2) is 23.2 Å². The molecule has 0 aliphatic heterocycles. The fourth-order valence-electron chi connectivity index (χ4n) is 1.17. The van der Waals surface area contributed by atoms with Gasteiger partial charge in [-0.1, -0.05) is 6.07 Å². The summed E-state index contributed by atoms with van der Waals surface area (Å²) in [5.41, 5.74) is 0.356. The minimum Gasteiger partial charge on any atom is -0.211 e. The van der Waals surface area contributed by atoms with Gasteiger partial charge in [-0.15, -0.1) is 0 Å². The number of hydrogen-bond donors (Lipinski definition) is 0. The Morgan fingerprint density at radius 1 is 1.40 bits per heavy atom. The number of aliphatic imine (C=N–C) groups is 1. The topological polar surface area (TPSA) is 29.4 Å². The second-order valence-electron chi connectivity index (χ2n) is 3.05. The number of rotatable bonds is 2. The highest BCUT2D eigenvalue weighted by molar-refractivity contribution is 5.36. The van der Waals surface area contributed by atoms with Crippen molar-refractivity contribution in [2.45, 2.75) is 19.6 Å². The van der Waals surface area contributed by atoms with E-state index in [4.69, 9.17) is 0 Å². The van der Waals surface area contributed by atoms with Crippen LogP contribution in [0.3, 0.4) is 0 Å². The lowest BCUT2D eigenvalue weighted by molar-refractivity contribution is -0.137. The molecule has 0 N–H and O–H groups in total. The molecule has 0 fully saturated rings. The van der Waals surface area contributed by atoms with Gasteiger partial charge in [-0.25, -0.2) is 9.79 Å². The zero-order chi connectivity index (χ0) is 11.5. The molecule has 1 aromatic carbocycles. The predicted molar refractivity (Wildman–Crippen MR) is 48.0 cm³/mol. The summed E-state index contributed by atoms with van der Waals surface area (Å²) >= 11 is 0. The standard InChI is InChI=1S/C10H8F3NO/c1-7-4-9(10(11,12)13)3-2-8(7)5-14-6-15/h2-4H,5H2,1H3. The van der Waals surface area contributed by atoms with Gasteiger partial charge in [0.05, 0.1) is 12.1 Å². The Hall–Kier alpha value is -1.61. The lowest BCUT2D eigenvalue weighted by Crippen LogP contribution is -2.05. The average molecular weight is 215 g/mol. The lowest BCUT2D eigenvalue weighted by atomic mass is 10.1. The fourth-order valence-corrected chi connectivity index (χ4v) is 1.17. The molecule has 0 spiro atoms. The molecule has 0 aromatic heterocycles. The number of alkyl halides is 3. The quantitative estimate of drug-likeness (QED) is 0.551. The maximum atomic E-state index is 12.3. The molecule has 0 bridgehead atoms. The van der Waals surface area contributed by atoms with Gasteiger partial charge in [-0.2, -0.15) is 13.2 Å². The highest BCUT2D eigenvalue weighted by Gasteiger charge is 2.30. The third-order valence-corrected chi connectivity index (χ3v) is 1.98. The summed E-state index contributed by atoms with van der Waals surface area (Å²) in [5.74, 6) is 0. The van der Waals surface area contributed by atoms with Crippen molar-refractivity contribution in [2.75, 3.05) is 0 Å². The third-order valence-electron chi connectivity index (χ3n) is 1.98. The first-order chi connectivity index (χ1) is 6.95. The van der Waals surface area contributed by atoms with Gasteiger partial charge in [-0.05, 0) is 30.2 Å². The molecule has 1 rings (SSSR count). The monoisotopic (exact) mass is 215 g/mol. The maximum absolute atomic E-state index is 12.3. The van der Waals surface area contributed by atoms with Gasteiger partial charge in [0.1, 0.15) is 0 Å². The minimum absolute atomic E-state index is 0.0630. The minimum atomic E-state index is -4.34. The van der Waals surface area contributed by atoms with Crippen molar-refractivity contribution in [1.29, 1.82) is 0 Å². The van der Waals surface area contributed by atoms with Gasteiger partial charge >= 0.3 is 6.18 Å². The van der Waals surface area contributed by atoms with Crippen LogP contribution >= 0.6 is 0 Å². The molecule has 2 nitrogen and oxygen atoms in total. The Morgan fingerprint density at radius 3 is 2.53 bits per heavy atom. The van der Waals surface area contributed by atoms with Crippen molar-refractivity contribution in [1.82, 2.24) is 0 Å². The van der Waals surface area contributed by atoms with Crippen LogP contribution in [0.5, 0.6) is 0 Å². The molecule has 0 atom stereocenters. The Labute approximate surface area is 84.4 Å². The lowest BCUT2D eigenvalue weighted by Gasteiger charge is -2.09. The molecule has 0 aliphatic carbocycles. The Morgan fingerprint density at radius 2 is 2.07 bits per heavy atom. The molecule has 0 amide bonds. The van der Waals surface area contributed by atoms with Gasteiger partial charge in [-0.3, -0.25) is 0 Å². The molecule has 0 heterocycles. The van der Waals surface area contributed by atoms with E-state index in [0.717, 1.165) is 12.1 Å². The van der Waals surface area contributed by atoms with Crippen LogP contribution in [-0.2, 0) is 17.5 Å². The van der Waals surface area contributed by atoms with E-state index >= 15 is 0 Å². The highest BCUT2D eigenvalue weighted by atomic mass is 19.4. The third kappa shape index (κ3) is 2.92.